The lowest BCUT2D eigenvalue weighted by Gasteiger charge is -2.17. The van der Waals surface area contributed by atoms with Crippen molar-refractivity contribution in [1.29, 1.82) is 0 Å². The third-order valence-electron chi connectivity index (χ3n) is 2.96. The number of ether oxygens (including phenoxy) is 4. The summed E-state index contributed by atoms with van der Waals surface area (Å²) in [7, 11) is 0. The summed E-state index contributed by atoms with van der Waals surface area (Å²) in [6.45, 7) is 16.7. The zero-order valence-corrected chi connectivity index (χ0v) is 15.9. The summed E-state index contributed by atoms with van der Waals surface area (Å²) in [4.78, 5) is 11.7. The first kappa shape index (κ1) is 22.5. The van der Waals surface area contributed by atoms with E-state index in [1.807, 2.05) is 20.8 Å². The first-order chi connectivity index (χ1) is 10.6. The summed E-state index contributed by atoms with van der Waals surface area (Å²) >= 11 is 0. The normalized spacial score (nSPS) is 12.6. The molecule has 0 radical (unpaired) electrons. The highest BCUT2D eigenvalue weighted by molar-refractivity contribution is 5.83. The first-order valence-electron chi connectivity index (χ1n) is 8.47. The van der Waals surface area contributed by atoms with Gasteiger partial charge in [0.25, 0.3) is 0 Å². The lowest BCUT2D eigenvalue weighted by atomic mass is 9.89. The fourth-order valence-corrected chi connectivity index (χ4v) is 1.58. The number of hydrogen-bond acceptors (Lipinski definition) is 5. The van der Waals surface area contributed by atoms with Gasteiger partial charge < -0.3 is 18.9 Å². The minimum Gasteiger partial charge on any atom is -0.379 e. The van der Waals surface area contributed by atoms with Crippen molar-refractivity contribution in [3.8, 4) is 0 Å². The van der Waals surface area contributed by atoms with Crippen LogP contribution in [0.3, 0.4) is 0 Å². The highest BCUT2D eigenvalue weighted by Gasteiger charge is 2.20. The monoisotopic (exact) mass is 332 g/mol. The molecular formula is C18H36O5. The van der Waals surface area contributed by atoms with E-state index in [1.165, 1.54) is 0 Å². The summed E-state index contributed by atoms with van der Waals surface area (Å²) in [6.07, 6.45) is 0.460. The third kappa shape index (κ3) is 16.2. The van der Waals surface area contributed by atoms with Crippen LogP contribution in [0.2, 0.25) is 0 Å². The largest absolute Gasteiger partial charge is 0.379 e. The van der Waals surface area contributed by atoms with Gasteiger partial charge in [0.2, 0.25) is 0 Å². The Morgan fingerprint density at radius 1 is 0.652 bits per heavy atom. The van der Waals surface area contributed by atoms with Gasteiger partial charge in [-0.05, 0) is 5.41 Å². The SMILES string of the molecule is CC(C)(C)COCCOCCOCCOCCC(=O)C(C)(C)C. The van der Waals surface area contributed by atoms with Crippen molar-refractivity contribution in [2.75, 3.05) is 52.9 Å². The van der Waals surface area contributed by atoms with Gasteiger partial charge in [0.1, 0.15) is 5.78 Å². The molecule has 0 N–H and O–H groups in total. The molecule has 0 fully saturated rings. The quantitative estimate of drug-likeness (QED) is 0.485. The average Bonchev–Trinajstić information content (AvgIpc) is 2.41. The van der Waals surface area contributed by atoms with Crippen molar-refractivity contribution in [2.45, 2.75) is 48.0 Å². The van der Waals surface area contributed by atoms with E-state index >= 15 is 0 Å². The van der Waals surface area contributed by atoms with Crippen molar-refractivity contribution in [2.24, 2.45) is 10.8 Å². The standard InChI is InChI=1S/C18H36O5/c1-17(2,3)15-23-14-13-22-12-11-21-10-9-20-8-7-16(19)18(4,5)6/h7-15H2,1-6H3. The number of rotatable bonds is 13. The molecule has 0 aromatic rings. The van der Waals surface area contributed by atoms with Gasteiger partial charge in [0, 0.05) is 11.8 Å². The predicted molar refractivity (Wildman–Crippen MR) is 91.8 cm³/mol. The highest BCUT2D eigenvalue weighted by atomic mass is 16.6. The van der Waals surface area contributed by atoms with Crippen molar-refractivity contribution >= 4 is 5.78 Å². The smallest absolute Gasteiger partial charge is 0.140 e. The van der Waals surface area contributed by atoms with Crippen LogP contribution in [0.1, 0.15) is 48.0 Å². The topological polar surface area (TPSA) is 54.0 Å². The van der Waals surface area contributed by atoms with Crippen molar-refractivity contribution in [3.05, 3.63) is 0 Å². The molecule has 0 aliphatic rings. The van der Waals surface area contributed by atoms with E-state index in [-0.39, 0.29) is 16.6 Å². The first-order valence-corrected chi connectivity index (χ1v) is 8.47. The Morgan fingerprint density at radius 3 is 1.43 bits per heavy atom. The van der Waals surface area contributed by atoms with Gasteiger partial charge in [-0.2, -0.15) is 0 Å². The lowest BCUT2D eigenvalue weighted by molar-refractivity contribution is -0.127. The van der Waals surface area contributed by atoms with Crippen LogP contribution in [0.5, 0.6) is 0 Å². The van der Waals surface area contributed by atoms with E-state index in [4.69, 9.17) is 18.9 Å². The van der Waals surface area contributed by atoms with E-state index in [0.717, 1.165) is 6.61 Å². The molecule has 0 amide bonds. The van der Waals surface area contributed by atoms with Crippen LogP contribution in [0.4, 0.5) is 0 Å². The van der Waals surface area contributed by atoms with Crippen molar-refractivity contribution in [3.63, 3.8) is 0 Å². The molecule has 5 nitrogen and oxygen atoms in total. The number of ketones is 1. The van der Waals surface area contributed by atoms with Gasteiger partial charge in [-0.3, -0.25) is 4.79 Å². The van der Waals surface area contributed by atoms with E-state index < -0.39 is 0 Å². The van der Waals surface area contributed by atoms with Crippen LogP contribution in [-0.2, 0) is 23.7 Å². The second-order valence-corrected chi connectivity index (χ2v) is 7.87. The van der Waals surface area contributed by atoms with Crippen molar-refractivity contribution < 1.29 is 23.7 Å². The maximum atomic E-state index is 11.7. The molecule has 0 rings (SSSR count). The highest BCUT2D eigenvalue weighted by Crippen LogP contribution is 2.16. The number of carbonyl (C=O) groups is 1. The minimum atomic E-state index is -0.284. The Labute approximate surface area is 142 Å². The van der Waals surface area contributed by atoms with Crippen LogP contribution in [0.15, 0.2) is 0 Å². The molecule has 0 aliphatic heterocycles. The summed E-state index contributed by atoms with van der Waals surface area (Å²) in [5.41, 5.74) is -0.0889. The van der Waals surface area contributed by atoms with Crippen molar-refractivity contribution in [1.82, 2.24) is 0 Å². The molecule has 0 aliphatic carbocycles. The Morgan fingerprint density at radius 2 is 1.04 bits per heavy atom. The molecule has 0 unspecified atom stereocenters. The Balaban J connectivity index is 3.21. The molecule has 138 valence electrons. The molecule has 0 spiro atoms. The van der Waals surface area contributed by atoms with Crippen LogP contribution in [0.25, 0.3) is 0 Å². The number of Topliss-reactive ketones (excluding diaryl/α,β-unsaturated/α-hetero) is 1. The maximum absolute atomic E-state index is 11.7. The second-order valence-electron chi connectivity index (χ2n) is 7.87. The second kappa shape index (κ2) is 12.0. The Hall–Kier alpha value is -0.490. The Bertz CT molecular complexity index is 302. The van der Waals surface area contributed by atoms with Crippen LogP contribution >= 0.6 is 0 Å². The van der Waals surface area contributed by atoms with Crippen LogP contribution in [0, 0.1) is 10.8 Å². The van der Waals surface area contributed by atoms with Gasteiger partial charge in [0.05, 0.1) is 52.9 Å². The molecule has 0 bridgehead atoms. The third-order valence-corrected chi connectivity index (χ3v) is 2.96. The van der Waals surface area contributed by atoms with Gasteiger partial charge >= 0.3 is 0 Å². The van der Waals surface area contributed by atoms with Crippen LogP contribution < -0.4 is 0 Å². The minimum absolute atomic E-state index is 0.195. The summed E-state index contributed by atoms with van der Waals surface area (Å²) in [5.74, 6) is 0.223. The summed E-state index contributed by atoms with van der Waals surface area (Å²) in [6, 6.07) is 0. The van der Waals surface area contributed by atoms with E-state index in [0.29, 0.717) is 52.7 Å². The summed E-state index contributed by atoms with van der Waals surface area (Å²) in [5, 5.41) is 0. The molecular weight excluding hydrogens is 296 g/mol. The van der Waals surface area contributed by atoms with E-state index in [1.54, 1.807) is 0 Å². The van der Waals surface area contributed by atoms with Crippen LogP contribution in [-0.4, -0.2) is 58.6 Å². The molecule has 0 heterocycles. The van der Waals surface area contributed by atoms with Gasteiger partial charge in [0.15, 0.2) is 0 Å². The molecule has 5 heteroatoms. The molecule has 23 heavy (non-hydrogen) atoms. The number of carbonyl (C=O) groups excluding carboxylic acids is 1. The molecule has 0 aromatic heterocycles. The maximum Gasteiger partial charge on any atom is 0.140 e. The van der Waals surface area contributed by atoms with E-state index in [2.05, 4.69) is 20.8 Å². The lowest BCUT2D eigenvalue weighted by Crippen LogP contribution is -2.22. The van der Waals surface area contributed by atoms with Gasteiger partial charge in [-0.25, -0.2) is 0 Å². The zero-order chi connectivity index (χ0) is 17.8. The molecule has 0 aromatic carbocycles. The predicted octanol–water partition coefficient (Wildman–Crippen LogP) is 3.10. The van der Waals surface area contributed by atoms with Gasteiger partial charge in [-0.15, -0.1) is 0 Å². The van der Waals surface area contributed by atoms with Gasteiger partial charge in [-0.1, -0.05) is 41.5 Å². The Kier molecular flexibility index (Phi) is 11.7. The van der Waals surface area contributed by atoms with E-state index in [9.17, 15) is 4.79 Å². The molecule has 0 saturated carbocycles. The fourth-order valence-electron chi connectivity index (χ4n) is 1.58. The zero-order valence-electron chi connectivity index (χ0n) is 15.9. The fraction of sp³-hybridized carbons (Fsp3) is 0.944. The average molecular weight is 332 g/mol. The number of hydrogen-bond donors (Lipinski definition) is 0. The molecule has 0 atom stereocenters. The summed E-state index contributed by atoms with van der Waals surface area (Å²) < 4.78 is 21.7. The molecule has 0 saturated heterocycles.